The van der Waals surface area contributed by atoms with E-state index in [-0.39, 0.29) is 0 Å². The number of ether oxygens (including phenoxy) is 2. The number of hydrogen-bond acceptors (Lipinski definition) is 5. The summed E-state index contributed by atoms with van der Waals surface area (Å²) in [4.78, 5) is 17.0. The number of nitrogens with zero attached hydrogens (tertiary/aromatic N) is 1. The minimum atomic E-state index is -0.959. The van der Waals surface area contributed by atoms with Crippen LogP contribution in [0.4, 0.5) is 0 Å². The summed E-state index contributed by atoms with van der Waals surface area (Å²) in [7, 11) is 0. The van der Waals surface area contributed by atoms with Gasteiger partial charge in [0.2, 0.25) is 0 Å². The molecule has 0 fully saturated rings. The highest BCUT2D eigenvalue weighted by atomic mass is 35.5. The van der Waals surface area contributed by atoms with Crippen molar-refractivity contribution >= 4 is 40.5 Å². The lowest BCUT2D eigenvalue weighted by Gasteiger charge is -2.15. The molecule has 1 unspecified atom stereocenters. The largest absolute Gasteiger partial charge is 0.488 e. The molecule has 3 aromatic rings. The Labute approximate surface area is 195 Å². The molecule has 0 saturated heterocycles. The summed E-state index contributed by atoms with van der Waals surface area (Å²) in [6.07, 6.45) is -0.539. The van der Waals surface area contributed by atoms with Gasteiger partial charge >= 0.3 is 5.97 Å². The molecule has 0 aliphatic heterocycles. The number of carbonyl (C=O) groups is 1. The van der Waals surface area contributed by atoms with Crippen LogP contribution < -0.4 is 4.74 Å². The number of hydrogen-bond donors (Lipinski definition) is 1. The number of benzene rings is 2. The summed E-state index contributed by atoms with van der Waals surface area (Å²) in [5.74, 6) is -0.248. The van der Waals surface area contributed by atoms with Gasteiger partial charge in [-0.2, -0.15) is 0 Å². The van der Waals surface area contributed by atoms with Crippen molar-refractivity contribution in [2.24, 2.45) is 0 Å². The monoisotopic (exact) mass is 479 g/mol. The minimum absolute atomic E-state index is 0.314. The molecule has 31 heavy (non-hydrogen) atoms. The van der Waals surface area contributed by atoms with Gasteiger partial charge in [-0.25, -0.2) is 9.78 Å². The summed E-state index contributed by atoms with van der Waals surface area (Å²) in [6.45, 7) is 6.40. The first kappa shape index (κ1) is 23.5. The third kappa shape index (κ3) is 5.98. The van der Waals surface area contributed by atoms with Crippen molar-refractivity contribution in [3.05, 3.63) is 68.1 Å². The molecule has 0 aliphatic rings. The third-order valence-corrected chi connectivity index (χ3v) is 6.50. The summed E-state index contributed by atoms with van der Waals surface area (Å²) in [6, 6.07) is 11.0. The summed E-state index contributed by atoms with van der Waals surface area (Å²) in [5, 5.41) is 11.3. The van der Waals surface area contributed by atoms with Gasteiger partial charge in [0.1, 0.15) is 17.4 Å². The second-order valence-electron chi connectivity index (χ2n) is 7.02. The molecule has 0 bridgehead atoms. The van der Waals surface area contributed by atoms with Crippen molar-refractivity contribution < 1.29 is 19.4 Å². The van der Waals surface area contributed by atoms with Gasteiger partial charge in [-0.3, -0.25) is 0 Å². The molecule has 1 N–H and O–H groups in total. The molecule has 8 heteroatoms. The Morgan fingerprint density at radius 3 is 2.61 bits per heavy atom. The van der Waals surface area contributed by atoms with E-state index in [1.165, 1.54) is 11.3 Å². The molecular weight excluding hydrogens is 457 g/mol. The van der Waals surface area contributed by atoms with Crippen molar-refractivity contribution in [3.8, 4) is 16.3 Å². The van der Waals surface area contributed by atoms with E-state index in [2.05, 4.69) is 4.98 Å². The molecule has 0 aliphatic carbocycles. The van der Waals surface area contributed by atoms with Gasteiger partial charge in [0, 0.05) is 23.6 Å². The highest BCUT2D eigenvalue weighted by Crippen LogP contribution is 2.35. The van der Waals surface area contributed by atoms with Crippen LogP contribution in [0.15, 0.2) is 36.4 Å². The molecule has 164 valence electrons. The third-order valence-electron chi connectivity index (χ3n) is 4.79. The minimum Gasteiger partial charge on any atom is -0.488 e. The fourth-order valence-corrected chi connectivity index (χ4v) is 4.66. The van der Waals surface area contributed by atoms with Crippen molar-refractivity contribution in [2.45, 2.75) is 39.9 Å². The molecule has 0 amide bonds. The summed E-state index contributed by atoms with van der Waals surface area (Å²) >= 11 is 13.8. The number of aromatic nitrogens is 1. The fraction of sp³-hybridized carbons (Fsp3) is 0.304. The van der Waals surface area contributed by atoms with E-state index in [1.54, 1.807) is 19.1 Å². The maximum absolute atomic E-state index is 11.3. The second kappa shape index (κ2) is 10.5. The highest BCUT2D eigenvalue weighted by molar-refractivity contribution is 7.15. The lowest BCUT2D eigenvalue weighted by molar-refractivity contribution is -0.149. The van der Waals surface area contributed by atoms with Gasteiger partial charge in [0.15, 0.2) is 6.10 Å². The SMILES string of the molecule is CCOC(Cc1ccc(OCc2sc(-c3ccc(Cl)cc3Cl)nc2C)cc1C)C(=O)O. The molecule has 3 rings (SSSR count). The molecule has 1 heterocycles. The van der Waals surface area contributed by atoms with Crippen LogP contribution in [-0.4, -0.2) is 28.8 Å². The van der Waals surface area contributed by atoms with Crippen LogP contribution >= 0.6 is 34.5 Å². The number of thiazole rings is 1. The van der Waals surface area contributed by atoms with E-state index in [1.807, 2.05) is 38.1 Å². The van der Waals surface area contributed by atoms with Crippen molar-refractivity contribution in [3.63, 3.8) is 0 Å². The average molecular weight is 480 g/mol. The Bertz CT molecular complexity index is 1080. The van der Waals surface area contributed by atoms with Crippen LogP contribution in [0.2, 0.25) is 10.0 Å². The quantitative estimate of drug-likeness (QED) is 0.387. The zero-order valence-corrected chi connectivity index (χ0v) is 19.8. The van der Waals surface area contributed by atoms with Gasteiger partial charge in [0.25, 0.3) is 0 Å². The molecular formula is C23H23Cl2NO4S. The van der Waals surface area contributed by atoms with Crippen LogP contribution in [0, 0.1) is 13.8 Å². The van der Waals surface area contributed by atoms with E-state index < -0.39 is 12.1 Å². The standard InChI is InChI=1S/C23H23Cl2NO4S/c1-4-29-20(23(27)28)10-15-5-7-17(9-13(15)2)30-12-21-14(3)26-22(31-21)18-8-6-16(24)11-19(18)25/h5-9,11,20H,4,10,12H2,1-3H3,(H,27,28). The van der Waals surface area contributed by atoms with Crippen molar-refractivity contribution in [1.82, 2.24) is 4.98 Å². The first-order valence-corrected chi connectivity index (χ1v) is 11.3. The molecule has 0 spiro atoms. The van der Waals surface area contributed by atoms with E-state index in [4.69, 9.17) is 32.7 Å². The summed E-state index contributed by atoms with van der Waals surface area (Å²) < 4.78 is 11.3. The van der Waals surface area contributed by atoms with Gasteiger partial charge in [-0.05, 0) is 62.2 Å². The van der Waals surface area contributed by atoms with E-state index in [9.17, 15) is 9.90 Å². The molecule has 5 nitrogen and oxygen atoms in total. The predicted octanol–water partition coefficient (Wildman–Crippen LogP) is 6.34. The van der Waals surface area contributed by atoms with Gasteiger partial charge < -0.3 is 14.6 Å². The van der Waals surface area contributed by atoms with E-state index in [0.717, 1.165) is 32.3 Å². The molecule has 1 aromatic heterocycles. The van der Waals surface area contributed by atoms with E-state index in [0.29, 0.717) is 35.4 Å². The highest BCUT2D eigenvalue weighted by Gasteiger charge is 2.19. The van der Waals surface area contributed by atoms with Crippen molar-refractivity contribution in [1.29, 1.82) is 0 Å². The predicted molar refractivity (Wildman–Crippen MR) is 125 cm³/mol. The second-order valence-corrected chi connectivity index (χ2v) is 8.94. The number of rotatable bonds is 9. The van der Waals surface area contributed by atoms with Crippen LogP contribution in [0.25, 0.3) is 10.6 Å². The van der Waals surface area contributed by atoms with Crippen LogP contribution in [0.5, 0.6) is 5.75 Å². The Morgan fingerprint density at radius 1 is 1.19 bits per heavy atom. The number of halogens is 2. The zero-order valence-electron chi connectivity index (χ0n) is 17.4. The first-order valence-electron chi connectivity index (χ1n) is 9.77. The van der Waals surface area contributed by atoms with Gasteiger partial charge in [-0.1, -0.05) is 29.3 Å². The molecule has 2 aromatic carbocycles. The van der Waals surface area contributed by atoms with E-state index >= 15 is 0 Å². The number of carboxylic acids is 1. The van der Waals surface area contributed by atoms with Crippen LogP contribution in [0.1, 0.15) is 28.6 Å². The molecule has 0 radical (unpaired) electrons. The zero-order chi connectivity index (χ0) is 22.5. The summed E-state index contributed by atoms with van der Waals surface area (Å²) in [5.41, 5.74) is 3.60. The van der Waals surface area contributed by atoms with Crippen molar-refractivity contribution in [2.75, 3.05) is 6.61 Å². The number of aryl methyl sites for hydroxylation is 2. The molecule has 0 saturated carbocycles. The topological polar surface area (TPSA) is 68.7 Å². The number of carboxylic acid groups (broad SMARTS) is 1. The Morgan fingerprint density at radius 2 is 1.97 bits per heavy atom. The maximum atomic E-state index is 11.3. The smallest absolute Gasteiger partial charge is 0.333 e. The fourth-order valence-electron chi connectivity index (χ4n) is 3.09. The van der Waals surface area contributed by atoms with Gasteiger partial charge in [-0.15, -0.1) is 11.3 Å². The lowest BCUT2D eigenvalue weighted by Crippen LogP contribution is -2.26. The lowest BCUT2D eigenvalue weighted by atomic mass is 10.0. The maximum Gasteiger partial charge on any atom is 0.333 e. The molecule has 1 atom stereocenters. The Balaban J connectivity index is 1.70. The van der Waals surface area contributed by atoms with Gasteiger partial charge in [0.05, 0.1) is 15.6 Å². The normalized spacial score (nSPS) is 12.0. The average Bonchev–Trinajstić information content (AvgIpc) is 3.07. The first-order chi connectivity index (χ1) is 14.8. The Kier molecular flexibility index (Phi) is 7.94. The van der Waals surface area contributed by atoms with Crippen LogP contribution in [-0.2, 0) is 22.6 Å². The Hall–Kier alpha value is -2.12. The van der Waals surface area contributed by atoms with Crippen LogP contribution in [0.3, 0.4) is 0 Å². The number of aliphatic carboxylic acids is 1.